The van der Waals surface area contributed by atoms with Gasteiger partial charge >= 0.3 is 0 Å². The third-order valence-electron chi connectivity index (χ3n) is 3.92. The topological polar surface area (TPSA) is 29.1 Å². The van der Waals surface area contributed by atoms with Gasteiger partial charge in [-0.15, -0.1) is 0 Å². The minimum atomic E-state index is 0.00929. The second-order valence-electron chi connectivity index (χ2n) is 5.63. The zero-order valence-corrected chi connectivity index (χ0v) is 14.7. The zero-order chi connectivity index (χ0) is 16.8. The van der Waals surface area contributed by atoms with Crippen LogP contribution in [0.1, 0.15) is 23.5 Å². The molecule has 0 heterocycles. The molecule has 24 heavy (non-hydrogen) atoms. The Hall–Kier alpha value is -2.39. The molecule has 0 aliphatic rings. The Bertz CT molecular complexity index is 746. The summed E-state index contributed by atoms with van der Waals surface area (Å²) >= 11 is 3.40. The van der Waals surface area contributed by atoms with Gasteiger partial charge < -0.3 is 5.32 Å². The normalized spacial score (nSPS) is 10.6. The van der Waals surface area contributed by atoms with Gasteiger partial charge in [-0.05, 0) is 35.4 Å². The molecule has 3 rings (SSSR count). The van der Waals surface area contributed by atoms with Crippen LogP contribution in [-0.4, -0.2) is 5.91 Å². The van der Waals surface area contributed by atoms with Crippen molar-refractivity contribution in [3.8, 4) is 0 Å². The third-order valence-corrected chi connectivity index (χ3v) is 4.45. The van der Waals surface area contributed by atoms with Crippen LogP contribution >= 0.6 is 15.9 Å². The minimum absolute atomic E-state index is 0.00929. The second kappa shape index (κ2) is 7.93. The number of hydrogen-bond donors (Lipinski definition) is 1. The van der Waals surface area contributed by atoms with E-state index in [4.69, 9.17) is 0 Å². The summed E-state index contributed by atoms with van der Waals surface area (Å²) in [7, 11) is 0. The Morgan fingerprint density at radius 3 is 1.79 bits per heavy atom. The molecule has 1 N–H and O–H groups in total. The molecule has 0 atom stereocenters. The van der Waals surface area contributed by atoms with Crippen LogP contribution in [0.2, 0.25) is 0 Å². The van der Waals surface area contributed by atoms with Gasteiger partial charge in [0.05, 0.1) is 0 Å². The highest BCUT2D eigenvalue weighted by Gasteiger charge is 2.18. The lowest BCUT2D eigenvalue weighted by Crippen LogP contribution is -2.16. The fourth-order valence-electron chi connectivity index (χ4n) is 2.73. The quantitative estimate of drug-likeness (QED) is 0.613. The van der Waals surface area contributed by atoms with E-state index in [-0.39, 0.29) is 11.8 Å². The Balaban J connectivity index is 1.79. The minimum Gasteiger partial charge on any atom is -0.326 e. The highest BCUT2D eigenvalue weighted by molar-refractivity contribution is 9.10. The van der Waals surface area contributed by atoms with E-state index in [0.717, 1.165) is 21.3 Å². The summed E-state index contributed by atoms with van der Waals surface area (Å²) < 4.78 is 0.993. The number of hydrogen-bond acceptors (Lipinski definition) is 1. The predicted octanol–water partition coefficient (Wildman–Crippen LogP) is 5.61. The summed E-state index contributed by atoms with van der Waals surface area (Å²) in [6, 6.07) is 27.9. The summed E-state index contributed by atoms with van der Waals surface area (Å²) in [6.07, 6.45) is 0.407. The van der Waals surface area contributed by atoms with Crippen LogP contribution < -0.4 is 5.32 Å². The SMILES string of the molecule is O=C(CC(c1ccccc1)c1ccccc1)Nc1ccc(Br)cc1. The van der Waals surface area contributed by atoms with Gasteiger partial charge in [-0.3, -0.25) is 4.79 Å². The van der Waals surface area contributed by atoms with E-state index in [1.165, 1.54) is 0 Å². The van der Waals surface area contributed by atoms with Crippen molar-refractivity contribution in [2.24, 2.45) is 0 Å². The van der Waals surface area contributed by atoms with E-state index in [1.54, 1.807) is 0 Å². The van der Waals surface area contributed by atoms with Gasteiger partial charge in [0.2, 0.25) is 5.91 Å². The lowest BCUT2D eigenvalue weighted by atomic mass is 9.88. The molecule has 0 aromatic heterocycles. The Kier molecular flexibility index (Phi) is 5.44. The molecule has 0 saturated carbocycles. The van der Waals surface area contributed by atoms with Gasteiger partial charge in [-0.1, -0.05) is 76.6 Å². The van der Waals surface area contributed by atoms with Crippen LogP contribution in [-0.2, 0) is 4.79 Å². The fourth-order valence-corrected chi connectivity index (χ4v) is 2.99. The highest BCUT2D eigenvalue weighted by atomic mass is 79.9. The van der Waals surface area contributed by atoms with Gasteiger partial charge in [0.25, 0.3) is 0 Å². The van der Waals surface area contributed by atoms with Crippen LogP contribution in [0.25, 0.3) is 0 Å². The highest BCUT2D eigenvalue weighted by Crippen LogP contribution is 2.28. The summed E-state index contributed by atoms with van der Waals surface area (Å²) in [6.45, 7) is 0. The number of anilines is 1. The maximum Gasteiger partial charge on any atom is 0.225 e. The van der Waals surface area contributed by atoms with Crippen LogP contribution in [0.15, 0.2) is 89.4 Å². The molecule has 3 aromatic carbocycles. The van der Waals surface area contributed by atoms with E-state index in [1.807, 2.05) is 60.7 Å². The van der Waals surface area contributed by atoms with Gasteiger partial charge in [0.1, 0.15) is 0 Å². The average molecular weight is 380 g/mol. The molecule has 0 unspecified atom stereocenters. The van der Waals surface area contributed by atoms with Crippen molar-refractivity contribution in [2.45, 2.75) is 12.3 Å². The molecular weight excluding hydrogens is 362 g/mol. The molecule has 0 bridgehead atoms. The average Bonchev–Trinajstić information content (AvgIpc) is 2.63. The number of halogens is 1. The van der Waals surface area contributed by atoms with E-state index in [0.29, 0.717) is 6.42 Å². The predicted molar refractivity (Wildman–Crippen MR) is 102 cm³/mol. The van der Waals surface area contributed by atoms with Crippen molar-refractivity contribution < 1.29 is 4.79 Å². The third kappa shape index (κ3) is 4.33. The first-order chi connectivity index (χ1) is 11.7. The zero-order valence-electron chi connectivity index (χ0n) is 13.2. The standard InChI is InChI=1S/C21H18BrNO/c22-18-11-13-19(14-12-18)23-21(24)15-20(16-7-3-1-4-8-16)17-9-5-2-6-10-17/h1-14,20H,15H2,(H,23,24). The molecule has 0 spiro atoms. The monoisotopic (exact) mass is 379 g/mol. The molecule has 2 nitrogen and oxygen atoms in total. The van der Waals surface area contributed by atoms with Crippen molar-refractivity contribution in [2.75, 3.05) is 5.32 Å². The summed E-state index contributed by atoms with van der Waals surface area (Å²) in [5, 5.41) is 2.98. The van der Waals surface area contributed by atoms with E-state index in [9.17, 15) is 4.79 Å². The van der Waals surface area contributed by atoms with Crippen molar-refractivity contribution in [3.05, 3.63) is 101 Å². The number of benzene rings is 3. The molecular formula is C21H18BrNO. The fraction of sp³-hybridized carbons (Fsp3) is 0.0952. The lowest BCUT2D eigenvalue weighted by molar-refractivity contribution is -0.116. The second-order valence-corrected chi connectivity index (χ2v) is 6.55. The maximum absolute atomic E-state index is 12.5. The number of carbonyl (C=O) groups is 1. The maximum atomic E-state index is 12.5. The van der Waals surface area contributed by atoms with Crippen LogP contribution in [0.3, 0.4) is 0 Å². The van der Waals surface area contributed by atoms with Crippen LogP contribution in [0.5, 0.6) is 0 Å². The van der Waals surface area contributed by atoms with E-state index < -0.39 is 0 Å². The van der Waals surface area contributed by atoms with Crippen molar-refractivity contribution >= 4 is 27.5 Å². The summed E-state index contributed by atoms with van der Waals surface area (Å²) in [5.74, 6) is 0.0536. The van der Waals surface area contributed by atoms with Crippen molar-refractivity contribution in [1.29, 1.82) is 0 Å². The smallest absolute Gasteiger partial charge is 0.225 e. The molecule has 0 radical (unpaired) electrons. The van der Waals surface area contributed by atoms with Crippen molar-refractivity contribution in [1.82, 2.24) is 0 Å². The Morgan fingerprint density at radius 2 is 1.29 bits per heavy atom. The lowest BCUT2D eigenvalue weighted by Gasteiger charge is -2.18. The molecule has 0 aliphatic carbocycles. The largest absolute Gasteiger partial charge is 0.326 e. The van der Waals surface area contributed by atoms with E-state index in [2.05, 4.69) is 45.5 Å². The first-order valence-corrected chi connectivity index (χ1v) is 8.67. The van der Waals surface area contributed by atoms with Gasteiger partial charge in [0.15, 0.2) is 0 Å². The van der Waals surface area contributed by atoms with E-state index >= 15 is 0 Å². The summed E-state index contributed by atoms with van der Waals surface area (Å²) in [5.41, 5.74) is 3.10. The number of rotatable bonds is 5. The molecule has 1 amide bonds. The summed E-state index contributed by atoms with van der Waals surface area (Å²) in [4.78, 5) is 12.5. The van der Waals surface area contributed by atoms with Crippen molar-refractivity contribution in [3.63, 3.8) is 0 Å². The van der Waals surface area contributed by atoms with Gasteiger partial charge in [-0.25, -0.2) is 0 Å². The molecule has 3 heteroatoms. The molecule has 3 aromatic rings. The van der Waals surface area contributed by atoms with Gasteiger partial charge in [-0.2, -0.15) is 0 Å². The molecule has 0 aliphatic heterocycles. The Morgan fingerprint density at radius 1 is 0.792 bits per heavy atom. The number of amides is 1. The first-order valence-electron chi connectivity index (χ1n) is 7.87. The molecule has 0 fully saturated rings. The Labute approximate surface area is 150 Å². The van der Waals surface area contributed by atoms with Crippen LogP contribution in [0.4, 0.5) is 5.69 Å². The van der Waals surface area contributed by atoms with Crippen LogP contribution in [0, 0.1) is 0 Å². The molecule has 0 saturated heterocycles. The first kappa shape index (κ1) is 16.5. The van der Waals surface area contributed by atoms with Gasteiger partial charge in [0, 0.05) is 22.5 Å². The molecule has 120 valence electrons. The number of nitrogens with one attached hydrogen (secondary N) is 1. The number of carbonyl (C=O) groups excluding carboxylic acids is 1.